The second kappa shape index (κ2) is 4.40. The van der Waals surface area contributed by atoms with E-state index in [0.29, 0.717) is 0 Å². The first kappa shape index (κ1) is 9.45. The predicted molar refractivity (Wildman–Crippen MR) is 52.5 cm³/mol. The van der Waals surface area contributed by atoms with E-state index in [1.54, 1.807) is 6.20 Å². The van der Waals surface area contributed by atoms with Crippen LogP contribution in [0, 0.1) is 13.8 Å². The monoisotopic (exact) mass is 176 g/mol. The molecule has 1 aromatic rings. The van der Waals surface area contributed by atoms with E-state index in [4.69, 9.17) is 0 Å². The Morgan fingerprint density at radius 1 is 1.38 bits per heavy atom. The molecule has 0 atom stereocenters. The van der Waals surface area contributed by atoms with Gasteiger partial charge in [0.05, 0.1) is 0 Å². The molecule has 0 saturated heterocycles. The number of nitrogens with zero attached hydrogens (tertiary/aromatic N) is 1. The first-order valence-corrected chi connectivity index (χ1v) is 4.04. The van der Waals surface area contributed by atoms with E-state index < -0.39 is 0 Å². The van der Waals surface area contributed by atoms with E-state index in [0.717, 1.165) is 23.4 Å². The van der Waals surface area contributed by atoms with E-state index >= 15 is 0 Å². The molecule has 0 amide bonds. The number of aromatic nitrogens is 1. The van der Waals surface area contributed by atoms with Crippen molar-refractivity contribution in [3.05, 3.63) is 35.7 Å². The molecule has 0 fully saturated rings. The number of hydrogen-bond donors (Lipinski definition) is 1. The molecule has 0 aliphatic heterocycles. The van der Waals surface area contributed by atoms with Gasteiger partial charge in [0.15, 0.2) is 0 Å². The lowest BCUT2D eigenvalue weighted by Crippen LogP contribution is -1.94. The minimum Gasteiger partial charge on any atom is -0.347 e. The van der Waals surface area contributed by atoms with E-state index in [-0.39, 0.29) is 0 Å². The van der Waals surface area contributed by atoms with Crippen molar-refractivity contribution < 1.29 is 4.79 Å². The molecule has 1 rings (SSSR count). The first-order chi connectivity index (χ1) is 6.22. The summed E-state index contributed by atoms with van der Waals surface area (Å²) in [5.41, 5.74) is 2.11. The molecular formula is C10H12N2O. The number of nitrogens with one attached hydrogen (secondary N) is 1. The zero-order chi connectivity index (χ0) is 9.68. The van der Waals surface area contributed by atoms with Crippen molar-refractivity contribution in [2.24, 2.45) is 0 Å². The van der Waals surface area contributed by atoms with Crippen molar-refractivity contribution in [3.8, 4) is 0 Å². The summed E-state index contributed by atoms with van der Waals surface area (Å²) in [6.07, 6.45) is 3.67. The molecular weight excluding hydrogens is 164 g/mol. The van der Waals surface area contributed by atoms with Crippen LogP contribution in [0.15, 0.2) is 24.4 Å². The summed E-state index contributed by atoms with van der Waals surface area (Å²) in [4.78, 5) is 14.2. The standard InChI is InChI=1S/C10H12N2O/c1-8-6-9(2)12-10(7-8)11-4-3-5-13/h3-7H,1-2H3,(H,11,12). The smallest absolute Gasteiger partial charge is 0.144 e. The number of hydrogen-bond acceptors (Lipinski definition) is 3. The molecule has 0 spiro atoms. The third-order valence-electron chi connectivity index (χ3n) is 1.50. The topological polar surface area (TPSA) is 42.0 Å². The van der Waals surface area contributed by atoms with Gasteiger partial charge in [0.25, 0.3) is 0 Å². The average Bonchev–Trinajstić information content (AvgIpc) is 2.03. The normalized spacial score (nSPS) is 10.3. The summed E-state index contributed by atoms with van der Waals surface area (Å²) in [5.74, 6) is 0.760. The number of rotatable bonds is 3. The lowest BCUT2D eigenvalue weighted by Gasteiger charge is -2.02. The van der Waals surface area contributed by atoms with Gasteiger partial charge in [0.2, 0.25) is 0 Å². The van der Waals surface area contributed by atoms with Crippen LogP contribution in [0.5, 0.6) is 0 Å². The van der Waals surface area contributed by atoms with Crippen molar-refractivity contribution in [2.45, 2.75) is 13.8 Å². The number of carbonyl (C=O) groups excluding carboxylic acids is 1. The van der Waals surface area contributed by atoms with E-state index in [1.807, 2.05) is 26.0 Å². The van der Waals surface area contributed by atoms with Crippen molar-refractivity contribution in [1.82, 2.24) is 4.98 Å². The minimum atomic E-state index is 0.718. The van der Waals surface area contributed by atoms with E-state index in [2.05, 4.69) is 10.3 Å². The van der Waals surface area contributed by atoms with Crippen molar-refractivity contribution in [2.75, 3.05) is 5.32 Å². The third-order valence-corrected chi connectivity index (χ3v) is 1.50. The number of carbonyl (C=O) groups is 1. The van der Waals surface area contributed by atoms with Gasteiger partial charge in [0.1, 0.15) is 12.1 Å². The highest BCUT2D eigenvalue weighted by Gasteiger charge is 1.93. The second-order valence-electron chi connectivity index (χ2n) is 2.81. The molecule has 0 aliphatic rings. The van der Waals surface area contributed by atoms with Crippen LogP contribution in [0.25, 0.3) is 0 Å². The molecule has 0 bridgehead atoms. The number of aldehydes is 1. The van der Waals surface area contributed by atoms with Crippen LogP contribution in [-0.2, 0) is 4.79 Å². The molecule has 0 saturated carbocycles. The lowest BCUT2D eigenvalue weighted by molar-refractivity contribution is -0.104. The molecule has 1 aromatic heterocycles. The largest absolute Gasteiger partial charge is 0.347 e. The maximum Gasteiger partial charge on any atom is 0.144 e. The number of pyridine rings is 1. The summed E-state index contributed by atoms with van der Waals surface area (Å²) >= 11 is 0. The Labute approximate surface area is 77.5 Å². The second-order valence-corrected chi connectivity index (χ2v) is 2.81. The fraction of sp³-hybridized carbons (Fsp3) is 0.200. The Morgan fingerprint density at radius 2 is 2.15 bits per heavy atom. The first-order valence-electron chi connectivity index (χ1n) is 4.04. The lowest BCUT2D eigenvalue weighted by atomic mass is 10.2. The third kappa shape index (κ3) is 3.07. The molecule has 13 heavy (non-hydrogen) atoms. The highest BCUT2D eigenvalue weighted by molar-refractivity contribution is 5.65. The molecule has 0 unspecified atom stereocenters. The van der Waals surface area contributed by atoms with Crippen molar-refractivity contribution >= 4 is 12.1 Å². The SMILES string of the molecule is Cc1cc(C)nc(NC=CC=O)c1. The van der Waals surface area contributed by atoms with Gasteiger partial charge in [-0.2, -0.15) is 0 Å². The number of allylic oxidation sites excluding steroid dienone is 1. The van der Waals surface area contributed by atoms with Crippen LogP contribution in [0.1, 0.15) is 11.3 Å². The van der Waals surface area contributed by atoms with Crippen LogP contribution >= 0.6 is 0 Å². The van der Waals surface area contributed by atoms with Crippen LogP contribution in [0.2, 0.25) is 0 Å². The van der Waals surface area contributed by atoms with E-state index in [1.165, 1.54) is 6.08 Å². The average molecular weight is 176 g/mol. The Kier molecular flexibility index (Phi) is 3.20. The van der Waals surface area contributed by atoms with Crippen LogP contribution in [-0.4, -0.2) is 11.3 Å². The zero-order valence-electron chi connectivity index (χ0n) is 7.74. The molecule has 0 aromatic carbocycles. The summed E-state index contributed by atoms with van der Waals surface area (Å²) < 4.78 is 0. The summed E-state index contributed by atoms with van der Waals surface area (Å²) in [7, 11) is 0. The van der Waals surface area contributed by atoms with Gasteiger partial charge in [0, 0.05) is 11.9 Å². The molecule has 1 N–H and O–H groups in total. The Hall–Kier alpha value is -1.64. The molecule has 3 nitrogen and oxygen atoms in total. The van der Waals surface area contributed by atoms with Crippen LogP contribution < -0.4 is 5.32 Å². The molecule has 68 valence electrons. The van der Waals surface area contributed by atoms with Gasteiger partial charge in [-0.3, -0.25) is 4.79 Å². The van der Waals surface area contributed by atoms with Crippen LogP contribution in [0.3, 0.4) is 0 Å². The van der Waals surface area contributed by atoms with Crippen LogP contribution in [0.4, 0.5) is 5.82 Å². The minimum absolute atomic E-state index is 0.718. The Bertz CT molecular complexity index is 311. The molecule has 0 radical (unpaired) electrons. The van der Waals surface area contributed by atoms with Crippen molar-refractivity contribution in [1.29, 1.82) is 0 Å². The van der Waals surface area contributed by atoms with Gasteiger partial charge in [-0.05, 0) is 37.6 Å². The highest BCUT2D eigenvalue weighted by Crippen LogP contribution is 2.08. The molecule has 1 heterocycles. The Morgan fingerprint density at radius 3 is 2.77 bits per heavy atom. The van der Waals surface area contributed by atoms with Gasteiger partial charge < -0.3 is 5.32 Å². The molecule has 0 aliphatic carbocycles. The van der Waals surface area contributed by atoms with E-state index in [9.17, 15) is 4.79 Å². The summed E-state index contributed by atoms with van der Waals surface area (Å²) in [6, 6.07) is 3.91. The van der Waals surface area contributed by atoms with Gasteiger partial charge >= 0.3 is 0 Å². The quantitative estimate of drug-likeness (QED) is 0.564. The Balaban J connectivity index is 2.77. The van der Waals surface area contributed by atoms with Gasteiger partial charge in [-0.1, -0.05) is 0 Å². The fourth-order valence-electron chi connectivity index (χ4n) is 1.09. The summed E-state index contributed by atoms with van der Waals surface area (Å²) in [5, 5.41) is 2.90. The number of anilines is 1. The highest BCUT2D eigenvalue weighted by atomic mass is 16.1. The molecule has 3 heteroatoms. The fourth-order valence-corrected chi connectivity index (χ4v) is 1.09. The van der Waals surface area contributed by atoms with Gasteiger partial charge in [-0.25, -0.2) is 4.98 Å². The van der Waals surface area contributed by atoms with Gasteiger partial charge in [-0.15, -0.1) is 0 Å². The maximum absolute atomic E-state index is 9.98. The summed E-state index contributed by atoms with van der Waals surface area (Å²) in [6.45, 7) is 3.94. The van der Waals surface area contributed by atoms with Crippen molar-refractivity contribution in [3.63, 3.8) is 0 Å². The predicted octanol–water partition coefficient (Wildman–Crippen LogP) is 1.82. The maximum atomic E-state index is 9.98. The number of aryl methyl sites for hydroxylation is 2. The zero-order valence-corrected chi connectivity index (χ0v) is 7.74.